The molecule has 0 aliphatic carbocycles. The molecule has 0 bridgehead atoms. The minimum atomic E-state index is -0.347. The minimum absolute atomic E-state index is 0.146. The van der Waals surface area contributed by atoms with Crippen LogP contribution in [-0.4, -0.2) is 51.2 Å². The number of hydrogen-bond donors (Lipinski definition) is 0. The van der Waals surface area contributed by atoms with Crippen molar-refractivity contribution in [3.63, 3.8) is 0 Å². The molecule has 3 aromatic heterocycles. The first kappa shape index (κ1) is 21.4. The SMILES string of the molecule is COc1cc(=O)n(-c2ccccn2)cc1C(=O)N1CCC(Oc2cc(C)n(C)c(=O)c2)C1. The van der Waals surface area contributed by atoms with Gasteiger partial charge in [0.25, 0.3) is 17.0 Å². The van der Waals surface area contributed by atoms with Crippen LogP contribution in [0.5, 0.6) is 11.5 Å². The normalized spacial score (nSPS) is 15.6. The number of ether oxygens (including phenoxy) is 2. The molecule has 1 aliphatic rings. The highest BCUT2D eigenvalue weighted by atomic mass is 16.5. The Morgan fingerprint density at radius 2 is 1.97 bits per heavy atom. The van der Waals surface area contributed by atoms with E-state index >= 15 is 0 Å². The van der Waals surface area contributed by atoms with E-state index in [-0.39, 0.29) is 34.4 Å². The fraction of sp³-hybridized carbons (Fsp3) is 0.304. The van der Waals surface area contributed by atoms with Crippen molar-refractivity contribution >= 4 is 5.91 Å². The van der Waals surface area contributed by atoms with Crippen LogP contribution in [-0.2, 0) is 7.05 Å². The number of rotatable bonds is 5. The second kappa shape index (κ2) is 8.70. The first-order chi connectivity index (χ1) is 15.4. The summed E-state index contributed by atoms with van der Waals surface area (Å²) in [4.78, 5) is 43.6. The third-order valence-corrected chi connectivity index (χ3v) is 5.57. The summed E-state index contributed by atoms with van der Waals surface area (Å²) in [5, 5.41) is 0. The van der Waals surface area contributed by atoms with Crippen molar-refractivity contribution in [1.29, 1.82) is 0 Å². The molecule has 1 aliphatic heterocycles. The topological polar surface area (TPSA) is 95.7 Å². The summed E-state index contributed by atoms with van der Waals surface area (Å²) in [5.74, 6) is 0.848. The molecule has 9 heteroatoms. The number of aryl methyl sites for hydroxylation is 1. The zero-order chi connectivity index (χ0) is 22.8. The second-order valence-electron chi connectivity index (χ2n) is 7.66. The van der Waals surface area contributed by atoms with Crippen molar-refractivity contribution in [3.8, 4) is 17.3 Å². The van der Waals surface area contributed by atoms with Crippen molar-refractivity contribution in [2.24, 2.45) is 7.05 Å². The van der Waals surface area contributed by atoms with Gasteiger partial charge in [-0.05, 0) is 25.1 Å². The smallest absolute Gasteiger partial charge is 0.260 e. The van der Waals surface area contributed by atoms with Crippen LogP contribution in [0, 0.1) is 6.92 Å². The predicted octanol–water partition coefficient (Wildman–Crippen LogP) is 1.54. The number of pyridine rings is 3. The van der Waals surface area contributed by atoms with Crippen LogP contribution in [0.25, 0.3) is 5.82 Å². The quantitative estimate of drug-likeness (QED) is 0.602. The van der Waals surface area contributed by atoms with Gasteiger partial charge in [0.2, 0.25) is 0 Å². The predicted molar refractivity (Wildman–Crippen MR) is 118 cm³/mol. The van der Waals surface area contributed by atoms with Crippen LogP contribution in [0.4, 0.5) is 0 Å². The molecule has 4 rings (SSSR count). The molecule has 0 N–H and O–H groups in total. The van der Waals surface area contributed by atoms with Gasteiger partial charge in [0.1, 0.15) is 23.4 Å². The van der Waals surface area contributed by atoms with Crippen LogP contribution in [0.3, 0.4) is 0 Å². The third-order valence-electron chi connectivity index (χ3n) is 5.57. The highest BCUT2D eigenvalue weighted by Gasteiger charge is 2.30. The maximum atomic E-state index is 13.3. The molecule has 166 valence electrons. The number of hydrogen-bond acceptors (Lipinski definition) is 6. The van der Waals surface area contributed by atoms with Gasteiger partial charge in [-0.3, -0.25) is 19.0 Å². The monoisotopic (exact) mass is 436 g/mol. The molecule has 0 spiro atoms. The second-order valence-corrected chi connectivity index (χ2v) is 7.66. The lowest BCUT2D eigenvalue weighted by molar-refractivity contribution is 0.0768. The Labute approximate surface area is 184 Å². The summed E-state index contributed by atoms with van der Waals surface area (Å²) in [6, 6.07) is 9.74. The molecular formula is C23H24N4O5. The average molecular weight is 436 g/mol. The van der Waals surface area contributed by atoms with E-state index in [0.29, 0.717) is 31.1 Å². The Morgan fingerprint density at radius 1 is 1.16 bits per heavy atom. The first-order valence-corrected chi connectivity index (χ1v) is 10.2. The molecule has 0 radical (unpaired) electrons. The molecule has 1 atom stereocenters. The summed E-state index contributed by atoms with van der Waals surface area (Å²) in [5.41, 5.74) is 0.566. The maximum absolute atomic E-state index is 13.3. The number of methoxy groups -OCH3 is 1. The van der Waals surface area contributed by atoms with Crippen LogP contribution in [0.1, 0.15) is 22.5 Å². The highest BCUT2D eigenvalue weighted by Crippen LogP contribution is 2.23. The summed E-state index contributed by atoms with van der Waals surface area (Å²) < 4.78 is 14.1. The lowest BCUT2D eigenvalue weighted by Crippen LogP contribution is -2.32. The van der Waals surface area contributed by atoms with E-state index < -0.39 is 0 Å². The van der Waals surface area contributed by atoms with Gasteiger partial charge in [0.05, 0.1) is 19.2 Å². The van der Waals surface area contributed by atoms with E-state index in [4.69, 9.17) is 9.47 Å². The Morgan fingerprint density at radius 3 is 2.66 bits per heavy atom. The number of likely N-dealkylation sites (tertiary alicyclic amines) is 1. The lowest BCUT2D eigenvalue weighted by Gasteiger charge is -2.19. The summed E-state index contributed by atoms with van der Waals surface area (Å²) in [6.45, 7) is 2.68. The number of carbonyl (C=O) groups excluding carboxylic acids is 1. The zero-order valence-electron chi connectivity index (χ0n) is 18.1. The van der Waals surface area contributed by atoms with Crippen LogP contribution in [0.15, 0.2) is 58.4 Å². The van der Waals surface area contributed by atoms with Gasteiger partial charge in [-0.25, -0.2) is 4.98 Å². The zero-order valence-corrected chi connectivity index (χ0v) is 18.1. The Balaban J connectivity index is 1.56. The Hall–Kier alpha value is -3.88. The van der Waals surface area contributed by atoms with Crippen LogP contribution in [0.2, 0.25) is 0 Å². The first-order valence-electron chi connectivity index (χ1n) is 10.2. The van der Waals surface area contributed by atoms with Crippen molar-refractivity contribution in [3.05, 3.63) is 80.8 Å². The van der Waals surface area contributed by atoms with Crippen molar-refractivity contribution in [2.75, 3.05) is 20.2 Å². The largest absolute Gasteiger partial charge is 0.496 e. The van der Waals surface area contributed by atoms with Gasteiger partial charge in [0.15, 0.2) is 0 Å². The Kier molecular flexibility index (Phi) is 5.81. The number of nitrogens with zero attached hydrogens (tertiary/aromatic N) is 4. The molecule has 3 aromatic rings. The minimum Gasteiger partial charge on any atom is -0.496 e. The molecule has 0 saturated carbocycles. The molecule has 4 heterocycles. The van der Waals surface area contributed by atoms with Gasteiger partial charge >= 0.3 is 0 Å². The molecule has 1 amide bonds. The van der Waals surface area contributed by atoms with Gasteiger partial charge in [-0.2, -0.15) is 0 Å². The van der Waals surface area contributed by atoms with E-state index in [9.17, 15) is 14.4 Å². The van der Waals surface area contributed by atoms with Crippen molar-refractivity contribution < 1.29 is 14.3 Å². The van der Waals surface area contributed by atoms with Crippen LogP contribution < -0.4 is 20.6 Å². The van der Waals surface area contributed by atoms with Crippen molar-refractivity contribution in [2.45, 2.75) is 19.4 Å². The third kappa shape index (κ3) is 4.14. The van der Waals surface area contributed by atoms with E-state index in [1.54, 1.807) is 47.0 Å². The maximum Gasteiger partial charge on any atom is 0.260 e. The van der Waals surface area contributed by atoms with E-state index in [0.717, 1.165) is 5.69 Å². The molecule has 1 unspecified atom stereocenters. The summed E-state index contributed by atoms with van der Waals surface area (Å²) in [6.07, 6.45) is 3.43. The van der Waals surface area contributed by atoms with E-state index in [2.05, 4.69) is 4.98 Å². The fourth-order valence-electron chi connectivity index (χ4n) is 3.70. The summed E-state index contributed by atoms with van der Waals surface area (Å²) in [7, 11) is 3.13. The fourth-order valence-corrected chi connectivity index (χ4v) is 3.70. The molecule has 32 heavy (non-hydrogen) atoms. The highest BCUT2D eigenvalue weighted by molar-refractivity contribution is 5.97. The van der Waals surface area contributed by atoms with Gasteiger partial charge in [0, 0.05) is 50.2 Å². The van der Waals surface area contributed by atoms with Gasteiger partial charge in [-0.1, -0.05) is 6.07 Å². The standard InChI is InChI=1S/C23H24N4O5/c1-15-10-17(11-21(28)25(15)2)32-16-7-9-26(13-16)23(30)18-14-27(20-6-4-5-8-24-20)22(29)12-19(18)31-3/h4-6,8,10-12,14,16H,7,9,13H2,1-3H3. The number of amides is 1. The summed E-state index contributed by atoms with van der Waals surface area (Å²) >= 11 is 0. The van der Waals surface area contributed by atoms with Gasteiger partial charge in [-0.15, -0.1) is 0 Å². The van der Waals surface area contributed by atoms with Gasteiger partial charge < -0.3 is 18.9 Å². The molecule has 1 fully saturated rings. The molecular weight excluding hydrogens is 412 g/mol. The number of aromatic nitrogens is 3. The number of carbonyl (C=O) groups is 1. The molecule has 1 saturated heterocycles. The Bertz CT molecular complexity index is 1270. The van der Waals surface area contributed by atoms with Crippen molar-refractivity contribution in [1.82, 2.24) is 19.0 Å². The lowest BCUT2D eigenvalue weighted by atomic mass is 10.2. The molecule has 0 aromatic carbocycles. The average Bonchev–Trinajstić information content (AvgIpc) is 3.25. The van der Waals surface area contributed by atoms with Crippen LogP contribution >= 0.6 is 0 Å². The van der Waals surface area contributed by atoms with E-state index in [1.807, 2.05) is 6.92 Å². The molecule has 9 nitrogen and oxygen atoms in total. The van der Waals surface area contributed by atoms with E-state index in [1.165, 1.54) is 30.0 Å².